The summed E-state index contributed by atoms with van der Waals surface area (Å²) < 4.78 is 11.2. The van der Waals surface area contributed by atoms with Gasteiger partial charge in [-0.15, -0.1) is 0 Å². The first-order valence-corrected chi connectivity index (χ1v) is 9.93. The number of carbonyl (C=O) groups is 2. The van der Waals surface area contributed by atoms with Crippen molar-refractivity contribution in [1.82, 2.24) is 9.88 Å². The Kier molecular flexibility index (Phi) is 5.58. The van der Waals surface area contributed by atoms with Crippen molar-refractivity contribution in [3.8, 4) is 5.75 Å². The van der Waals surface area contributed by atoms with Crippen LogP contribution in [-0.4, -0.2) is 32.8 Å². The van der Waals surface area contributed by atoms with Crippen LogP contribution < -0.4 is 4.74 Å². The van der Waals surface area contributed by atoms with E-state index in [1.165, 1.54) is 11.2 Å². The van der Waals surface area contributed by atoms with Crippen LogP contribution in [0.5, 0.6) is 5.75 Å². The molecule has 1 aromatic carbocycles. The van der Waals surface area contributed by atoms with E-state index in [1.807, 2.05) is 19.9 Å². The van der Waals surface area contributed by atoms with Crippen LogP contribution in [-0.2, 0) is 16.1 Å². The number of ether oxygens (including phenoxy) is 1. The van der Waals surface area contributed by atoms with Gasteiger partial charge in [0.1, 0.15) is 23.3 Å². The van der Waals surface area contributed by atoms with Crippen LogP contribution >= 0.6 is 0 Å². The van der Waals surface area contributed by atoms with Gasteiger partial charge in [-0.3, -0.25) is 14.6 Å². The number of ketones is 1. The van der Waals surface area contributed by atoms with Crippen LogP contribution in [0.3, 0.4) is 0 Å². The number of carbonyl (C=O) groups excluding carboxylic acids is 2. The van der Waals surface area contributed by atoms with Gasteiger partial charge in [0.25, 0.3) is 11.7 Å². The molecule has 1 saturated heterocycles. The van der Waals surface area contributed by atoms with Crippen LogP contribution in [0.4, 0.5) is 0 Å². The van der Waals surface area contributed by atoms with Crippen LogP contribution in [0.1, 0.15) is 36.8 Å². The van der Waals surface area contributed by atoms with E-state index in [2.05, 4.69) is 4.98 Å². The molecule has 0 radical (unpaired) electrons. The smallest absolute Gasteiger partial charge is 0.296 e. The van der Waals surface area contributed by atoms with Crippen molar-refractivity contribution in [1.29, 1.82) is 0 Å². The highest BCUT2D eigenvalue weighted by Crippen LogP contribution is 2.40. The summed E-state index contributed by atoms with van der Waals surface area (Å²) in [4.78, 5) is 31.3. The number of likely N-dealkylation sites (tertiary alicyclic amines) is 1. The summed E-state index contributed by atoms with van der Waals surface area (Å²) in [6.07, 6.45) is 4.74. The molecule has 1 fully saturated rings. The zero-order chi connectivity index (χ0) is 22.0. The van der Waals surface area contributed by atoms with Crippen molar-refractivity contribution in [2.24, 2.45) is 0 Å². The highest BCUT2D eigenvalue weighted by molar-refractivity contribution is 6.46. The third-order valence-corrected chi connectivity index (χ3v) is 4.93. The first kappa shape index (κ1) is 20.4. The lowest BCUT2D eigenvalue weighted by molar-refractivity contribution is -0.140. The molecule has 0 spiro atoms. The highest BCUT2D eigenvalue weighted by Gasteiger charge is 2.47. The lowest BCUT2D eigenvalue weighted by Gasteiger charge is -2.23. The van der Waals surface area contributed by atoms with E-state index < -0.39 is 17.7 Å². The summed E-state index contributed by atoms with van der Waals surface area (Å²) in [5, 5.41) is 11.0. The van der Waals surface area contributed by atoms with Crippen LogP contribution in [0, 0.1) is 0 Å². The molecule has 1 atom stereocenters. The van der Waals surface area contributed by atoms with E-state index in [0.717, 1.165) is 5.56 Å². The summed E-state index contributed by atoms with van der Waals surface area (Å²) in [6.45, 7) is 3.99. The number of aromatic nitrogens is 1. The standard InChI is InChI=1S/C24H22N2O5/c1-15(2)31-18-9-7-17(8-10-18)22(27)20-21(19-6-4-12-30-19)26(24(29)23(20)28)14-16-5-3-11-25-13-16/h3-13,15,21,27H,14H2,1-2H3/b22-20+. The third-order valence-electron chi connectivity index (χ3n) is 4.93. The van der Waals surface area contributed by atoms with E-state index in [4.69, 9.17) is 9.15 Å². The molecule has 0 bridgehead atoms. The van der Waals surface area contributed by atoms with Gasteiger partial charge >= 0.3 is 0 Å². The number of hydrogen-bond donors (Lipinski definition) is 1. The van der Waals surface area contributed by atoms with Crippen LogP contribution in [0.25, 0.3) is 5.76 Å². The summed E-state index contributed by atoms with van der Waals surface area (Å²) in [6, 6.07) is 12.8. The number of aliphatic hydroxyl groups excluding tert-OH is 1. The fourth-order valence-corrected chi connectivity index (χ4v) is 3.59. The molecular formula is C24H22N2O5. The number of nitrogens with zero attached hydrogens (tertiary/aromatic N) is 2. The van der Waals surface area contributed by atoms with Crippen molar-refractivity contribution in [3.63, 3.8) is 0 Å². The predicted molar refractivity (Wildman–Crippen MR) is 113 cm³/mol. The first-order valence-electron chi connectivity index (χ1n) is 9.93. The van der Waals surface area contributed by atoms with E-state index in [-0.39, 0.29) is 24.0 Å². The van der Waals surface area contributed by atoms with Gasteiger partial charge in [-0.2, -0.15) is 0 Å². The van der Waals surface area contributed by atoms with Crippen molar-refractivity contribution >= 4 is 17.4 Å². The van der Waals surface area contributed by atoms with Gasteiger partial charge in [0.2, 0.25) is 0 Å². The minimum absolute atomic E-state index is 0.0104. The minimum Gasteiger partial charge on any atom is -0.507 e. The molecule has 3 aromatic rings. The van der Waals surface area contributed by atoms with Gasteiger partial charge in [-0.05, 0) is 61.9 Å². The normalized spacial score (nSPS) is 18.0. The second-order valence-corrected chi connectivity index (χ2v) is 7.49. The van der Waals surface area contributed by atoms with Crippen LogP contribution in [0.2, 0.25) is 0 Å². The molecule has 1 amide bonds. The minimum atomic E-state index is -0.846. The van der Waals surface area contributed by atoms with Crippen molar-refractivity contribution < 1.29 is 23.8 Å². The third kappa shape index (κ3) is 4.07. The SMILES string of the molecule is CC(C)Oc1ccc(/C(O)=C2\C(=O)C(=O)N(Cc3cccnc3)C2c2ccco2)cc1. The summed E-state index contributed by atoms with van der Waals surface area (Å²) in [5.41, 5.74) is 1.16. The Balaban J connectivity index is 1.76. The Labute approximate surface area is 179 Å². The molecule has 31 heavy (non-hydrogen) atoms. The van der Waals surface area contributed by atoms with Gasteiger partial charge in [0.15, 0.2) is 0 Å². The Morgan fingerprint density at radius 1 is 1.16 bits per heavy atom. The van der Waals surface area contributed by atoms with Crippen molar-refractivity contribution in [2.75, 3.05) is 0 Å². The number of pyridine rings is 1. The molecule has 7 heteroatoms. The van der Waals surface area contributed by atoms with Gasteiger partial charge < -0.3 is 19.2 Å². The molecule has 1 aliphatic heterocycles. The molecule has 158 valence electrons. The number of furan rings is 1. The maximum absolute atomic E-state index is 12.9. The molecule has 4 rings (SSSR count). The molecule has 0 aliphatic carbocycles. The number of benzene rings is 1. The van der Waals surface area contributed by atoms with Crippen molar-refractivity contribution in [2.45, 2.75) is 32.5 Å². The number of Topliss-reactive ketones (excluding diaryl/α,β-unsaturated/α-hetero) is 1. The molecule has 3 heterocycles. The number of hydrogen-bond acceptors (Lipinski definition) is 6. The largest absolute Gasteiger partial charge is 0.507 e. The molecular weight excluding hydrogens is 396 g/mol. The lowest BCUT2D eigenvalue weighted by atomic mass is 9.99. The second-order valence-electron chi connectivity index (χ2n) is 7.49. The van der Waals surface area contributed by atoms with E-state index in [9.17, 15) is 14.7 Å². The average molecular weight is 418 g/mol. The number of amides is 1. The molecule has 1 unspecified atom stereocenters. The molecule has 1 N–H and O–H groups in total. The van der Waals surface area contributed by atoms with Gasteiger partial charge in [-0.25, -0.2) is 0 Å². The summed E-state index contributed by atoms with van der Waals surface area (Å²) in [5.74, 6) is -0.683. The summed E-state index contributed by atoms with van der Waals surface area (Å²) >= 11 is 0. The Bertz CT molecular complexity index is 1100. The highest BCUT2D eigenvalue weighted by atomic mass is 16.5. The first-order chi connectivity index (χ1) is 15.0. The lowest BCUT2D eigenvalue weighted by Crippen LogP contribution is -2.29. The van der Waals surface area contributed by atoms with Crippen molar-refractivity contribution in [3.05, 3.63) is 89.6 Å². The second kappa shape index (κ2) is 8.47. The molecule has 1 aliphatic rings. The maximum atomic E-state index is 12.9. The molecule has 7 nitrogen and oxygen atoms in total. The van der Waals surface area contributed by atoms with E-state index >= 15 is 0 Å². The average Bonchev–Trinajstić information content (AvgIpc) is 3.37. The number of aliphatic hydroxyl groups is 1. The Morgan fingerprint density at radius 2 is 1.94 bits per heavy atom. The summed E-state index contributed by atoms with van der Waals surface area (Å²) in [7, 11) is 0. The zero-order valence-electron chi connectivity index (χ0n) is 17.2. The zero-order valence-corrected chi connectivity index (χ0v) is 17.2. The quantitative estimate of drug-likeness (QED) is 0.368. The van der Waals surface area contributed by atoms with E-state index in [1.54, 1.807) is 54.9 Å². The van der Waals surface area contributed by atoms with Gasteiger partial charge in [0.05, 0.1) is 17.9 Å². The topological polar surface area (TPSA) is 92.9 Å². The fourth-order valence-electron chi connectivity index (χ4n) is 3.59. The Hall–Kier alpha value is -3.87. The molecule has 2 aromatic heterocycles. The predicted octanol–water partition coefficient (Wildman–Crippen LogP) is 4.08. The van der Waals surface area contributed by atoms with Gasteiger partial charge in [-0.1, -0.05) is 6.07 Å². The fraction of sp³-hybridized carbons (Fsp3) is 0.208. The van der Waals surface area contributed by atoms with Crippen LogP contribution in [0.15, 0.2) is 77.2 Å². The number of rotatable bonds is 6. The monoisotopic (exact) mass is 418 g/mol. The Morgan fingerprint density at radius 3 is 2.55 bits per heavy atom. The maximum Gasteiger partial charge on any atom is 0.296 e. The van der Waals surface area contributed by atoms with E-state index in [0.29, 0.717) is 17.1 Å². The van der Waals surface area contributed by atoms with Gasteiger partial charge in [0, 0.05) is 24.5 Å². The molecule has 0 saturated carbocycles.